The Kier molecular flexibility index (Phi) is 4.34. The van der Waals surface area contributed by atoms with Gasteiger partial charge in [0, 0.05) is 61.5 Å². The van der Waals surface area contributed by atoms with Gasteiger partial charge in [0.2, 0.25) is 0 Å². The van der Waals surface area contributed by atoms with Gasteiger partial charge in [0.15, 0.2) is 0 Å². The summed E-state index contributed by atoms with van der Waals surface area (Å²) < 4.78 is 18.4. The number of hydrogen-bond acceptors (Lipinski definition) is 6. The maximum Gasteiger partial charge on any atom is 0.132 e. The molecule has 1 atom stereocenters. The van der Waals surface area contributed by atoms with E-state index < -0.39 is 0 Å². The SMILES string of the molecule is Cn1cc(-c2cc3c(cc2F)CN=C3c2cc(N3CCC(n4cccn4)C3)ncn2)cn1. The molecular formula is C23H21FN8. The number of benzene rings is 1. The predicted molar refractivity (Wildman–Crippen MR) is 118 cm³/mol. The second-order valence-electron chi connectivity index (χ2n) is 8.19. The molecule has 1 unspecified atom stereocenters. The zero-order valence-electron chi connectivity index (χ0n) is 17.6. The molecule has 0 aliphatic carbocycles. The summed E-state index contributed by atoms with van der Waals surface area (Å²) in [5.41, 5.74) is 4.55. The number of halogens is 1. The first-order valence-electron chi connectivity index (χ1n) is 10.6. The van der Waals surface area contributed by atoms with Gasteiger partial charge in [-0.3, -0.25) is 14.4 Å². The maximum absolute atomic E-state index is 14.8. The number of hydrogen-bond donors (Lipinski definition) is 0. The Morgan fingerprint density at radius 1 is 1.09 bits per heavy atom. The molecule has 4 aromatic rings. The Labute approximate surface area is 184 Å². The highest BCUT2D eigenvalue weighted by molar-refractivity contribution is 6.14. The van der Waals surface area contributed by atoms with Crippen molar-refractivity contribution in [2.75, 3.05) is 18.0 Å². The summed E-state index contributed by atoms with van der Waals surface area (Å²) in [7, 11) is 1.82. The van der Waals surface area contributed by atoms with Crippen LogP contribution in [-0.4, -0.2) is 48.3 Å². The molecule has 9 heteroatoms. The maximum atomic E-state index is 14.8. The molecule has 0 N–H and O–H groups in total. The average molecular weight is 428 g/mol. The molecule has 0 saturated carbocycles. The van der Waals surface area contributed by atoms with Crippen molar-refractivity contribution in [2.24, 2.45) is 12.0 Å². The lowest BCUT2D eigenvalue weighted by Gasteiger charge is -2.18. The van der Waals surface area contributed by atoms with Gasteiger partial charge in [-0.2, -0.15) is 10.2 Å². The highest BCUT2D eigenvalue weighted by Crippen LogP contribution is 2.32. The number of aryl methyl sites for hydroxylation is 1. The number of aliphatic imine (C=N–C) groups is 1. The summed E-state index contributed by atoms with van der Waals surface area (Å²) in [4.78, 5) is 15.9. The molecule has 1 fully saturated rings. The molecule has 2 aliphatic heterocycles. The van der Waals surface area contributed by atoms with Gasteiger partial charge in [0.1, 0.15) is 18.0 Å². The molecule has 0 radical (unpaired) electrons. The van der Waals surface area contributed by atoms with E-state index in [2.05, 4.69) is 30.1 Å². The van der Waals surface area contributed by atoms with Crippen molar-refractivity contribution in [1.82, 2.24) is 29.5 Å². The van der Waals surface area contributed by atoms with Crippen molar-refractivity contribution in [3.05, 3.63) is 78.0 Å². The van der Waals surface area contributed by atoms with E-state index in [9.17, 15) is 4.39 Å². The van der Waals surface area contributed by atoms with Gasteiger partial charge < -0.3 is 4.90 Å². The minimum absolute atomic E-state index is 0.265. The first-order valence-corrected chi connectivity index (χ1v) is 10.6. The summed E-state index contributed by atoms with van der Waals surface area (Å²) in [5, 5.41) is 8.55. The summed E-state index contributed by atoms with van der Waals surface area (Å²) in [6.45, 7) is 2.19. The fourth-order valence-electron chi connectivity index (χ4n) is 4.53. The van der Waals surface area contributed by atoms with Crippen LogP contribution in [0.5, 0.6) is 0 Å². The van der Waals surface area contributed by atoms with Gasteiger partial charge in [-0.1, -0.05) is 0 Å². The van der Waals surface area contributed by atoms with Crippen molar-refractivity contribution in [1.29, 1.82) is 0 Å². The standard InChI is InChI=1S/C23H21FN8/c1-30-12-16(11-29-30)18-8-19-15(7-20(18)24)10-25-23(19)21-9-22(27-14-26-21)31-6-3-17(13-31)32-5-2-4-28-32/h2,4-5,7-9,11-12,14,17H,3,6,10,13H2,1H3. The molecule has 6 rings (SSSR count). The third-order valence-corrected chi connectivity index (χ3v) is 6.15. The van der Waals surface area contributed by atoms with Crippen molar-refractivity contribution >= 4 is 11.5 Å². The lowest BCUT2D eigenvalue weighted by Crippen LogP contribution is -2.22. The van der Waals surface area contributed by atoms with Crippen LogP contribution in [0, 0.1) is 5.82 Å². The Hall–Kier alpha value is -3.88. The van der Waals surface area contributed by atoms with Crippen molar-refractivity contribution in [3.63, 3.8) is 0 Å². The van der Waals surface area contributed by atoms with Gasteiger partial charge in [0.05, 0.1) is 30.2 Å². The van der Waals surface area contributed by atoms with Crippen molar-refractivity contribution in [3.8, 4) is 11.1 Å². The van der Waals surface area contributed by atoms with Crippen LogP contribution in [0.2, 0.25) is 0 Å². The van der Waals surface area contributed by atoms with Crippen molar-refractivity contribution in [2.45, 2.75) is 19.0 Å². The van der Waals surface area contributed by atoms with E-state index in [0.29, 0.717) is 18.2 Å². The van der Waals surface area contributed by atoms with Crippen LogP contribution >= 0.6 is 0 Å². The fraction of sp³-hybridized carbons (Fsp3) is 0.261. The number of aromatic nitrogens is 6. The van der Waals surface area contributed by atoms with E-state index in [1.807, 2.05) is 48.5 Å². The molecule has 0 bridgehead atoms. The van der Waals surface area contributed by atoms with Crippen LogP contribution in [0.15, 0.2) is 60.4 Å². The minimum Gasteiger partial charge on any atom is -0.354 e. The van der Waals surface area contributed by atoms with Crippen LogP contribution in [0.4, 0.5) is 10.2 Å². The minimum atomic E-state index is -0.265. The molecule has 160 valence electrons. The summed E-state index contributed by atoms with van der Waals surface area (Å²) in [6.07, 6.45) is 9.88. The van der Waals surface area contributed by atoms with Gasteiger partial charge in [-0.25, -0.2) is 14.4 Å². The Balaban J connectivity index is 1.31. The van der Waals surface area contributed by atoms with Crippen LogP contribution in [0.25, 0.3) is 11.1 Å². The molecule has 1 aromatic carbocycles. The zero-order valence-corrected chi connectivity index (χ0v) is 17.6. The molecular weight excluding hydrogens is 407 g/mol. The third-order valence-electron chi connectivity index (χ3n) is 6.15. The topological polar surface area (TPSA) is 77.0 Å². The monoisotopic (exact) mass is 428 g/mol. The molecule has 8 nitrogen and oxygen atoms in total. The highest BCUT2D eigenvalue weighted by Gasteiger charge is 2.27. The number of rotatable bonds is 4. The van der Waals surface area contributed by atoms with E-state index in [-0.39, 0.29) is 5.82 Å². The molecule has 1 saturated heterocycles. The van der Waals surface area contributed by atoms with Crippen molar-refractivity contribution < 1.29 is 4.39 Å². The second-order valence-corrected chi connectivity index (χ2v) is 8.19. The van der Waals surface area contributed by atoms with Gasteiger partial charge in [0.25, 0.3) is 0 Å². The highest BCUT2D eigenvalue weighted by atomic mass is 19.1. The van der Waals surface area contributed by atoms with E-state index in [4.69, 9.17) is 0 Å². The first kappa shape index (κ1) is 18.9. The Morgan fingerprint density at radius 2 is 2.03 bits per heavy atom. The molecule has 32 heavy (non-hydrogen) atoms. The van der Waals surface area contributed by atoms with E-state index >= 15 is 0 Å². The van der Waals surface area contributed by atoms with E-state index in [0.717, 1.165) is 53.4 Å². The molecule has 3 aromatic heterocycles. The van der Waals surface area contributed by atoms with Gasteiger partial charge in [-0.05, 0) is 30.2 Å². The summed E-state index contributed by atoms with van der Waals surface area (Å²) in [6, 6.07) is 7.69. The van der Waals surface area contributed by atoms with Crippen LogP contribution < -0.4 is 4.90 Å². The Bertz CT molecular complexity index is 1320. The number of nitrogens with zero attached hydrogens (tertiary/aromatic N) is 8. The molecule has 0 spiro atoms. The lowest BCUT2D eigenvalue weighted by atomic mass is 9.97. The third kappa shape index (κ3) is 3.17. The smallest absolute Gasteiger partial charge is 0.132 e. The van der Waals surface area contributed by atoms with Gasteiger partial charge >= 0.3 is 0 Å². The first-order chi connectivity index (χ1) is 15.7. The molecule has 5 heterocycles. The second kappa shape index (κ2) is 7.37. The quantitative estimate of drug-likeness (QED) is 0.499. The summed E-state index contributed by atoms with van der Waals surface area (Å²) >= 11 is 0. The average Bonchev–Trinajstić information content (AvgIpc) is 3.59. The molecule has 0 amide bonds. The van der Waals surface area contributed by atoms with E-state index in [1.54, 1.807) is 23.3 Å². The summed E-state index contributed by atoms with van der Waals surface area (Å²) in [5.74, 6) is 0.605. The predicted octanol–water partition coefficient (Wildman–Crippen LogP) is 3.02. The largest absolute Gasteiger partial charge is 0.354 e. The normalized spacial score (nSPS) is 17.6. The lowest BCUT2D eigenvalue weighted by molar-refractivity contribution is 0.494. The molecule has 2 aliphatic rings. The zero-order chi connectivity index (χ0) is 21.7. The van der Waals surface area contributed by atoms with Crippen LogP contribution in [0.3, 0.4) is 0 Å². The van der Waals surface area contributed by atoms with Crippen LogP contribution in [-0.2, 0) is 13.6 Å². The number of fused-ring (bicyclic) bond motifs is 1. The fourth-order valence-corrected chi connectivity index (χ4v) is 4.53. The number of anilines is 1. The van der Waals surface area contributed by atoms with Crippen LogP contribution in [0.1, 0.15) is 29.3 Å². The van der Waals surface area contributed by atoms with E-state index in [1.165, 1.54) is 0 Å². The Morgan fingerprint density at radius 3 is 2.84 bits per heavy atom. The van der Waals surface area contributed by atoms with Gasteiger partial charge in [-0.15, -0.1) is 0 Å².